The second kappa shape index (κ2) is 10.4. The number of aryl methyl sites for hydroxylation is 1. The third-order valence-corrected chi connectivity index (χ3v) is 5.26. The zero-order chi connectivity index (χ0) is 23.3. The van der Waals surface area contributed by atoms with Gasteiger partial charge in [-0.3, -0.25) is 19.8 Å². The van der Waals surface area contributed by atoms with Crippen LogP contribution in [0.4, 0.5) is 5.69 Å². The summed E-state index contributed by atoms with van der Waals surface area (Å²) in [5, 5.41) is 2.90. The van der Waals surface area contributed by atoms with E-state index in [1.54, 1.807) is 30.3 Å². The third kappa shape index (κ3) is 5.00. The van der Waals surface area contributed by atoms with E-state index in [4.69, 9.17) is 33.3 Å². The fourth-order valence-electron chi connectivity index (χ4n) is 3.16. The number of hydrogen-bond acceptors (Lipinski definition) is 5. The lowest BCUT2D eigenvalue weighted by Crippen LogP contribution is -2.54. The zero-order valence-electron chi connectivity index (χ0n) is 17.8. The molecule has 3 rings (SSSR count). The normalized spacial score (nSPS) is 15.0. The first-order chi connectivity index (χ1) is 15.4. The lowest BCUT2D eigenvalue weighted by Gasteiger charge is -2.29. The number of rotatable bonds is 8. The highest BCUT2D eigenvalue weighted by atomic mass is 35.5. The average Bonchev–Trinajstić information content (AvgIpc) is 2.76. The van der Waals surface area contributed by atoms with Crippen LogP contribution in [-0.2, 0) is 16.0 Å². The highest BCUT2D eigenvalue weighted by molar-refractivity contribution is 7.80. The number of benzene rings is 2. The molecule has 0 unspecified atom stereocenters. The SMILES string of the molecule is C=CCOc1c(Cl)cc(C=C2C(=O)NC(=S)N(c3ccc(CC)cc3)C2=O)cc1OCC. The van der Waals surface area contributed by atoms with Crippen molar-refractivity contribution in [2.75, 3.05) is 18.1 Å². The Bertz CT molecular complexity index is 1100. The molecule has 1 heterocycles. The molecule has 2 aromatic rings. The summed E-state index contributed by atoms with van der Waals surface area (Å²) in [4.78, 5) is 27.1. The Labute approximate surface area is 197 Å². The number of carbonyl (C=O) groups is 2. The Morgan fingerprint density at radius 3 is 2.50 bits per heavy atom. The summed E-state index contributed by atoms with van der Waals surface area (Å²) in [6, 6.07) is 10.7. The van der Waals surface area contributed by atoms with Crippen molar-refractivity contribution >= 4 is 52.5 Å². The van der Waals surface area contributed by atoms with Crippen LogP contribution in [-0.4, -0.2) is 30.1 Å². The number of thiocarbonyl (C=S) groups is 1. The first kappa shape index (κ1) is 23.5. The number of nitrogens with one attached hydrogen (secondary N) is 1. The minimum Gasteiger partial charge on any atom is -0.490 e. The summed E-state index contributed by atoms with van der Waals surface area (Å²) in [6.45, 7) is 8.14. The van der Waals surface area contributed by atoms with Gasteiger partial charge >= 0.3 is 0 Å². The van der Waals surface area contributed by atoms with E-state index in [2.05, 4.69) is 11.9 Å². The van der Waals surface area contributed by atoms with Crippen LogP contribution in [0.15, 0.2) is 54.6 Å². The minimum absolute atomic E-state index is 0.0302. The number of hydrogen-bond donors (Lipinski definition) is 1. The summed E-state index contributed by atoms with van der Waals surface area (Å²) in [7, 11) is 0. The second-order valence-electron chi connectivity index (χ2n) is 6.84. The minimum atomic E-state index is -0.581. The first-order valence-electron chi connectivity index (χ1n) is 10.1. The van der Waals surface area contributed by atoms with E-state index in [1.165, 1.54) is 11.0 Å². The molecule has 0 bridgehead atoms. The van der Waals surface area contributed by atoms with Gasteiger partial charge in [-0.15, -0.1) is 0 Å². The van der Waals surface area contributed by atoms with Gasteiger partial charge < -0.3 is 9.47 Å². The van der Waals surface area contributed by atoms with Gasteiger partial charge in [0.25, 0.3) is 11.8 Å². The van der Waals surface area contributed by atoms with Crippen molar-refractivity contribution < 1.29 is 19.1 Å². The van der Waals surface area contributed by atoms with Gasteiger partial charge in [-0.05, 0) is 67.0 Å². The van der Waals surface area contributed by atoms with Gasteiger partial charge in [0, 0.05) is 0 Å². The summed E-state index contributed by atoms with van der Waals surface area (Å²) in [5.41, 5.74) is 2.14. The van der Waals surface area contributed by atoms with Crippen LogP contribution in [0.25, 0.3) is 6.08 Å². The van der Waals surface area contributed by atoms with Crippen molar-refractivity contribution in [1.82, 2.24) is 5.32 Å². The lowest BCUT2D eigenvalue weighted by molar-refractivity contribution is -0.122. The first-order valence-corrected chi connectivity index (χ1v) is 10.9. The van der Waals surface area contributed by atoms with Crippen molar-refractivity contribution in [1.29, 1.82) is 0 Å². The van der Waals surface area contributed by atoms with Crippen molar-refractivity contribution in [3.8, 4) is 11.5 Å². The maximum absolute atomic E-state index is 13.2. The van der Waals surface area contributed by atoms with Crippen LogP contribution in [0, 0.1) is 0 Å². The molecular weight excluding hydrogens is 448 g/mol. The van der Waals surface area contributed by atoms with Crippen molar-refractivity contribution in [2.45, 2.75) is 20.3 Å². The molecule has 0 saturated carbocycles. The van der Waals surface area contributed by atoms with E-state index in [-0.39, 0.29) is 22.3 Å². The highest BCUT2D eigenvalue weighted by Crippen LogP contribution is 2.37. The van der Waals surface area contributed by atoms with Crippen LogP contribution in [0.5, 0.6) is 11.5 Å². The van der Waals surface area contributed by atoms with E-state index in [9.17, 15) is 9.59 Å². The molecule has 6 nitrogen and oxygen atoms in total. The molecule has 1 aliphatic rings. The van der Waals surface area contributed by atoms with E-state index in [1.807, 2.05) is 26.0 Å². The molecule has 0 radical (unpaired) electrons. The van der Waals surface area contributed by atoms with E-state index < -0.39 is 11.8 Å². The van der Waals surface area contributed by atoms with Crippen LogP contribution >= 0.6 is 23.8 Å². The number of amides is 2. The molecule has 0 spiro atoms. The highest BCUT2D eigenvalue weighted by Gasteiger charge is 2.34. The molecule has 1 aliphatic heterocycles. The fourth-order valence-corrected chi connectivity index (χ4v) is 3.71. The second-order valence-corrected chi connectivity index (χ2v) is 7.63. The van der Waals surface area contributed by atoms with Crippen LogP contribution in [0.2, 0.25) is 5.02 Å². The van der Waals surface area contributed by atoms with Gasteiger partial charge in [0.1, 0.15) is 12.2 Å². The third-order valence-electron chi connectivity index (χ3n) is 4.69. The Morgan fingerprint density at radius 1 is 1.16 bits per heavy atom. The number of halogens is 1. The van der Waals surface area contributed by atoms with Crippen LogP contribution in [0.3, 0.4) is 0 Å². The molecule has 0 aromatic heterocycles. The quantitative estimate of drug-likeness (QED) is 0.262. The molecule has 1 N–H and O–H groups in total. The Morgan fingerprint density at radius 2 is 1.88 bits per heavy atom. The number of nitrogens with zero attached hydrogens (tertiary/aromatic N) is 1. The largest absolute Gasteiger partial charge is 0.490 e. The zero-order valence-corrected chi connectivity index (χ0v) is 19.4. The average molecular weight is 471 g/mol. The Kier molecular flexibility index (Phi) is 7.66. The van der Waals surface area contributed by atoms with Crippen molar-refractivity contribution in [3.63, 3.8) is 0 Å². The molecule has 1 fully saturated rings. The summed E-state index contributed by atoms with van der Waals surface area (Å²) < 4.78 is 11.2. The lowest BCUT2D eigenvalue weighted by atomic mass is 10.1. The standard InChI is InChI=1S/C24H23ClN2O4S/c1-4-11-31-21-19(25)13-16(14-20(21)30-6-3)12-18-22(28)26-24(32)27(23(18)29)17-9-7-15(5-2)8-10-17/h4,7-10,12-14H,1,5-6,11H2,2-3H3,(H,26,28,32). The molecule has 8 heteroatoms. The molecule has 0 atom stereocenters. The molecule has 166 valence electrons. The van der Waals surface area contributed by atoms with Crippen molar-refractivity contribution in [3.05, 3.63) is 70.8 Å². The number of carbonyl (C=O) groups excluding carboxylic acids is 2. The monoisotopic (exact) mass is 470 g/mol. The van der Waals surface area contributed by atoms with Gasteiger partial charge in [-0.1, -0.05) is 43.3 Å². The Hall–Kier alpha value is -3.16. The summed E-state index contributed by atoms with van der Waals surface area (Å²) in [6.07, 6.45) is 3.92. The maximum atomic E-state index is 13.2. The Balaban J connectivity index is 2.00. The van der Waals surface area contributed by atoms with Gasteiger partial charge in [-0.2, -0.15) is 0 Å². The molecule has 32 heavy (non-hydrogen) atoms. The molecule has 0 aliphatic carbocycles. The maximum Gasteiger partial charge on any atom is 0.270 e. The van der Waals surface area contributed by atoms with E-state index in [0.29, 0.717) is 29.4 Å². The smallest absolute Gasteiger partial charge is 0.270 e. The van der Waals surface area contributed by atoms with Gasteiger partial charge in [0.15, 0.2) is 16.6 Å². The molecule has 2 amide bonds. The van der Waals surface area contributed by atoms with Crippen molar-refractivity contribution in [2.24, 2.45) is 0 Å². The van der Waals surface area contributed by atoms with E-state index in [0.717, 1.165) is 12.0 Å². The topological polar surface area (TPSA) is 67.9 Å². The fraction of sp³-hybridized carbons (Fsp3) is 0.208. The van der Waals surface area contributed by atoms with Gasteiger partial charge in [0.05, 0.1) is 17.3 Å². The van der Waals surface area contributed by atoms with Gasteiger partial charge in [0.2, 0.25) is 0 Å². The predicted octanol–water partition coefficient (Wildman–Crippen LogP) is 4.70. The summed E-state index contributed by atoms with van der Waals surface area (Å²) >= 11 is 11.6. The molecule has 1 saturated heterocycles. The predicted molar refractivity (Wildman–Crippen MR) is 130 cm³/mol. The molecule has 2 aromatic carbocycles. The van der Waals surface area contributed by atoms with Crippen LogP contribution < -0.4 is 19.7 Å². The van der Waals surface area contributed by atoms with Crippen LogP contribution in [0.1, 0.15) is 25.0 Å². The van der Waals surface area contributed by atoms with Gasteiger partial charge in [-0.25, -0.2) is 0 Å². The summed E-state index contributed by atoms with van der Waals surface area (Å²) in [5.74, 6) is -0.333. The number of anilines is 1. The number of ether oxygens (including phenoxy) is 2. The molecular formula is C24H23ClN2O4S. The van der Waals surface area contributed by atoms with E-state index >= 15 is 0 Å².